The minimum atomic E-state index is -3.55. The predicted octanol–water partition coefficient (Wildman–Crippen LogP) is 4.01. The van der Waals surface area contributed by atoms with E-state index in [-0.39, 0.29) is 11.5 Å². The van der Waals surface area contributed by atoms with E-state index in [9.17, 15) is 13.2 Å². The van der Waals surface area contributed by atoms with E-state index in [2.05, 4.69) is 10.0 Å². The van der Waals surface area contributed by atoms with Gasteiger partial charge >= 0.3 is 0 Å². The van der Waals surface area contributed by atoms with Gasteiger partial charge in [0.05, 0.1) is 4.90 Å². The number of sulfonamides is 1. The summed E-state index contributed by atoms with van der Waals surface area (Å²) in [4.78, 5) is 12.2. The highest BCUT2D eigenvalue weighted by atomic mass is 35.5. The van der Waals surface area contributed by atoms with Crippen molar-refractivity contribution in [1.82, 2.24) is 4.72 Å². The Morgan fingerprint density at radius 1 is 1.11 bits per heavy atom. The average Bonchev–Trinajstić information content (AvgIpc) is 2.58. The lowest BCUT2D eigenvalue weighted by molar-refractivity contribution is -0.118. The third kappa shape index (κ3) is 6.39. The van der Waals surface area contributed by atoms with E-state index in [4.69, 9.17) is 27.9 Å². The van der Waals surface area contributed by atoms with Crippen LogP contribution in [0.2, 0.25) is 10.0 Å². The fraction of sp³-hybridized carbons (Fsp3) is 0.278. The van der Waals surface area contributed by atoms with Crippen LogP contribution in [0, 0.1) is 6.92 Å². The minimum Gasteiger partial charge on any atom is -0.483 e. The Balaban J connectivity index is 2.00. The van der Waals surface area contributed by atoms with Gasteiger partial charge in [-0.3, -0.25) is 4.79 Å². The van der Waals surface area contributed by atoms with Crippen LogP contribution in [0.4, 0.5) is 5.69 Å². The van der Waals surface area contributed by atoms with Crippen molar-refractivity contribution in [3.63, 3.8) is 0 Å². The lowest BCUT2D eigenvalue weighted by Gasteiger charge is -2.12. The molecule has 27 heavy (non-hydrogen) atoms. The van der Waals surface area contributed by atoms with E-state index in [0.29, 0.717) is 40.0 Å². The third-order valence-corrected chi connectivity index (χ3v) is 5.40. The summed E-state index contributed by atoms with van der Waals surface area (Å²) in [5.74, 6) is 0.0257. The third-order valence-electron chi connectivity index (χ3n) is 3.50. The van der Waals surface area contributed by atoms with Gasteiger partial charge in [-0.1, -0.05) is 30.1 Å². The molecule has 9 heteroatoms. The molecule has 0 bridgehead atoms. The van der Waals surface area contributed by atoms with Crippen LogP contribution in [-0.4, -0.2) is 27.5 Å². The molecule has 0 atom stereocenters. The standard InChI is InChI=1S/C18H20Cl2N2O4S/c1-3-6-21-27(24,25)16-4-5-17(12(2)7-16)26-11-18(23)22-15-9-13(19)8-14(20)10-15/h4-5,7-10,21H,3,6,11H2,1-2H3,(H,22,23). The highest BCUT2D eigenvalue weighted by Crippen LogP contribution is 2.23. The van der Waals surface area contributed by atoms with Crippen LogP contribution in [0.3, 0.4) is 0 Å². The zero-order valence-corrected chi connectivity index (χ0v) is 17.2. The number of anilines is 1. The van der Waals surface area contributed by atoms with Gasteiger partial charge in [-0.15, -0.1) is 0 Å². The first-order valence-electron chi connectivity index (χ1n) is 8.20. The molecule has 6 nitrogen and oxygen atoms in total. The topological polar surface area (TPSA) is 84.5 Å². The molecule has 0 aliphatic carbocycles. The van der Waals surface area contributed by atoms with E-state index in [1.54, 1.807) is 25.1 Å². The largest absolute Gasteiger partial charge is 0.483 e. The Labute approximate surface area is 168 Å². The van der Waals surface area contributed by atoms with Crippen molar-refractivity contribution in [2.45, 2.75) is 25.2 Å². The van der Waals surface area contributed by atoms with Crippen LogP contribution in [0.5, 0.6) is 5.75 Å². The van der Waals surface area contributed by atoms with Crippen LogP contribution in [0.25, 0.3) is 0 Å². The highest BCUT2D eigenvalue weighted by molar-refractivity contribution is 7.89. The molecule has 0 aliphatic heterocycles. The maximum Gasteiger partial charge on any atom is 0.262 e. The number of aryl methyl sites for hydroxylation is 1. The molecule has 0 aromatic heterocycles. The second-order valence-corrected chi connectivity index (χ2v) is 8.46. The fourth-order valence-electron chi connectivity index (χ4n) is 2.24. The number of nitrogens with one attached hydrogen (secondary N) is 2. The van der Waals surface area contributed by atoms with Crippen molar-refractivity contribution in [3.05, 3.63) is 52.0 Å². The Bertz CT molecular complexity index is 913. The molecule has 1 amide bonds. The first-order chi connectivity index (χ1) is 12.7. The first kappa shape index (κ1) is 21.5. The summed E-state index contributed by atoms with van der Waals surface area (Å²) in [6.45, 7) is 3.72. The summed E-state index contributed by atoms with van der Waals surface area (Å²) in [5, 5.41) is 3.44. The zero-order chi connectivity index (χ0) is 20.0. The molecular formula is C18H20Cl2N2O4S. The fourth-order valence-corrected chi connectivity index (χ4v) is 3.98. The molecule has 0 aliphatic rings. The first-order valence-corrected chi connectivity index (χ1v) is 10.4. The van der Waals surface area contributed by atoms with Crippen molar-refractivity contribution in [2.75, 3.05) is 18.5 Å². The molecular weight excluding hydrogens is 411 g/mol. The van der Waals surface area contributed by atoms with Crippen molar-refractivity contribution in [3.8, 4) is 5.75 Å². The van der Waals surface area contributed by atoms with Crippen LogP contribution < -0.4 is 14.8 Å². The van der Waals surface area contributed by atoms with Gasteiger partial charge in [-0.25, -0.2) is 13.1 Å². The van der Waals surface area contributed by atoms with Crippen LogP contribution in [-0.2, 0) is 14.8 Å². The molecule has 0 heterocycles. The SMILES string of the molecule is CCCNS(=O)(=O)c1ccc(OCC(=O)Nc2cc(Cl)cc(Cl)c2)c(C)c1. The van der Waals surface area contributed by atoms with E-state index in [0.717, 1.165) is 0 Å². The zero-order valence-electron chi connectivity index (χ0n) is 14.9. The molecule has 0 unspecified atom stereocenters. The molecule has 0 spiro atoms. The molecule has 2 aromatic carbocycles. The van der Waals surface area contributed by atoms with Gasteiger partial charge in [-0.2, -0.15) is 0 Å². The molecule has 0 radical (unpaired) electrons. The van der Waals surface area contributed by atoms with E-state index >= 15 is 0 Å². The smallest absolute Gasteiger partial charge is 0.262 e. The van der Waals surface area contributed by atoms with Gasteiger partial charge in [0, 0.05) is 22.3 Å². The van der Waals surface area contributed by atoms with E-state index in [1.807, 2.05) is 6.92 Å². The molecule has 2 aromatic rings. The number of benzene rings is 2. The Morgan fingerprint density at radius 3 is 2.37 bits per heavy atom. The van der Waals surface area contributed by atoms with Crippen molar-refractivity contribution < 1.29 is 17.9 Å². The second kappa shape index (κ2) is 9.41. The number of hydrogen-bond donors (Lipinski definition) is 2. The molecule has 146 valence electrons. The average molecular weight is 431 g/mol. The summed E-state index contributed by atoms with van der Waals surface area (Å²) in [6.07, 6.45) is 0.701. The number of halogens is 2. The van der Waals surface area contributed by atoms with E-state index < -0.39 is 15.9 Å². The lowest BCUT2D eigenvalue weighted by Crippen LogP contribution is -2.24. The van der Waals surface area contributed by atoms with Crippen molar-refractivity contribution >= 4 is 44.8 Å². The van der Waals surface area contributed by atoms with Crippen LogP contribution >= 0.6 is 23.2 Å². The maximum atomic E-state index is 12.1. The molecule has 2 N–H and O–H groups in total. The van der Waals surface area contributed by atoms with Crippen molar-refractivity contribution in [1.29, 1.82) is 0 Å². The predicted molar refractivity (Wildman–Crippen MR) is 107 cm³/mol. The monoisotopic (exact) mass is 430 g/mol. The Morgan fingerprint density at radius 2 is 1.78 bits per heavy atom. The number of hydrogen-bond acceptors (Lipinski definition) is 4. The number of carbonyl (C=O) groups excluding carboxylic acids is 1. The van der Waals surface area contributed by atoms with Gasteiger partial charge in [0.15, 0.2) is 6.61 Å². The normalized spacial score (nSPS) is 11.3. The number of rotatable bonds is 8. The highest BCUT2D eigenvalue weighted by Gasteiger charge is 2.15. The lowest BCUT2D eigenvalue weighted by atomic mass is 10.2. The number of carbonyl (C=O) groups is 1. The summed E-state index contributed by atoms with van der Waals surface area (Å²) in [6, 6.07) is 9.17. The molecule has 0 saturated carbocycles. The summed E-state index contributed by atoms with van der Waals surface area (Å²) >= 11 is 11.8. The molecule has 0 fully saturated rings. The number of ether oxygens (including phenoxy) is 1. The number of amides is 1. The quantitative estimate of drug-likeness (QED) is 0.662. The van der Waals surface area contributed by atoms with Gasteiger partial charge < -0.3 is 10.1 Å². The summed E-state index contributed by atoms with van der Waals surface area (Å²) in [7, 11) is -3.55. The second-order valence-electron chi connectivity index (χ2n) is 5.82. The summed E-state index contributed by atoms with van der Waals surface area (Å²) in [5.41, 5.74) is 1.06. The maximum absolute atomic E-state index is 12.1. The van der Waals surface area contributed by atoms with Gasteiger partial charge in [0.1, 0.15) is 5.75 Å². The van der Waals surface area contributed by atoms with Crippen LogP contribution in [0.15, 0.2) is 41.3 Å². The van der Waals surface area contributed by atoms with Gasteiger partial charge in [0.25, 0.3) is 5.91 Å². The van der Waals surface area contributed by atoms with Gasteiger partial charge in [-0.05, 0) is 55.3 Å². The minimum absolute atomic E-state index is 0.152. The van der Waals surface area contributed by atoms with Crippen LogP contribution in [0.1, 0.15) is 18.9 Å². The summed E-state index contributed by atoms with van der Waals surface area (Å²) < 4.78 is 32.3. The van der Waals surface area contributed by atoms with Crippen molar-refractivity contribution in [2.24, 2.45) is 0 Å². The molecule has 0 saturated heterocycles. The Kier molecular flexibility index (Phi) is 7.49. The van der Waals surface area contributed by atoms with Gasteiger partial charge in [0.2, 0.25) is 10.0 Å². The molecule has 2 rings (SSSR count). The Hall–Kier alpha value is -1.80. The van der Waals surface area contributed by atoms with E-state index in [1.165, 1.54) is 18.2 Å².